The fraction of sp³-hybridized carbons (Fsp3) is 0.462. The van der Waals surface area contributed by atoms with E-state index in [0.717, 1.165) is 37.9 Å². The van der Waals surface area contributed by atoms with Crippen molar-refractivity contribution in [1.29, 1.82) is 0 Å². The summed E-state index contributed by atoms with van der Waals surface area (Å²) in [7, 11) is 0. The molecule has 1 aliphatic rings. The summed E-state index contributed by atoms with van der Waals surface area (Å²) in [6.45, 7) is 5.20. The molecule has 1 heterocycles. The van der Waals surface area contributed by atoms with E-state index in [2.05, 4.69) is 29.6 Å². The van der Waals surface area contributed by atoms with E-state index in [9.17, 15) is 9.59 Å². The van der Waals surface area contributed by atoms with Crippen molar-refractivity contribution in [3.8, 4) is 0 Å². The molecular weight excluding hydrogens is 386 g/mol. The van der Waals surface area contributed by atoms with Crippen molar-refractivity contribution in [3.63, 3.8) is 0 Å². The largest absolute Gasteiger partial charge is 0.343 e. The van der Waals surface area contributed by atoms with Crippen molar-refractivity contribution in [2.24, 2.45) is 5.73 Å². The van der Waals surface area contributed by atoms with Crippen LogP contribution >= 0.6 is 0 Å². The average molecular weight is 422 g/mol. The minimum Gasteiger partial charge on any atom is -0.343 e. The highest BCUT2D eigenvalue weighted by molar-refractivity contribution is 5.92. The third-order valence-electron chi connectivity index (χ3n) is 6.19. The number of carbonyl (C=O) groups is 2. The summed E-state index contributed by atoms with van der Waals surface area (Å²) < 4.78 is 0. The molecule has 0 spiro atoms. The predicted octanol–water partition coefficient (Wildman–Crippen LogP) is 3.64. The van der Waals surface area contributed by atoms with Gasteiger partial charge in [0.25, 0.3) is 0 Å². The van der Waals surface area contributed by atoms with Crippen LogP contribution in [0.2, 0.25) is 0 Å². The molecule has 1 unspecified atom stereocenters. The number of carbonyl (C=O) groups excluding carboxylic acids is 2. The number of nitrogens with two attached hydrogens (primary N) is 1. The highest BCUT2D eigenvalue weighted by atomic mass is 16.2. The van der Waals surface area contributed by atoms with Crippen LogP contribution in [0.5, 0.6) is 0 Å². The van der Waals surface area contributed by atoms with Crippen molar-refractivity contribution in [3.05, 3.63) is 71.8 Å². The molecule has 31 heavy (non-hydrogen) atoms. The molecule has 3 N–H and O–H groups in total. The number of benzene rings is 2. The van der Waals surface area contributed by atoms with E-state index in [1.807, 2.05) is 48.2 Å². The Kier molecular flexibility index (Phi) is 7.85. The van der Waals surface area contributed by atoms with Gasteiger partial charge in [0.05, 0.1) is 5.54 Å². The summed E-state index contributed by atoms with van der Waals surface area (Å²) in [6.07, 6.45) is 3.76. The van der Waals surface area contributed by atoms with Crippen molar-refractivity contribution in [1.82, 2.24) is 10.2 Å². The van der Waals surface area contributed by atoms with Crippen LogP contribution in [0.3, 0.4) is 0 Å². The second-order valence-electron chi connectivity index (χ2n) is 8.90. The molecule has 5 heteroatoms. The Balaban J connectivity index is 1.59. The predicted molar refractivity (Wildman–Crippen MR) is 125 cm³/mol. The number of nitrogens with one attached hydrogen (secondary N) is 1. The SMILES string of the molecule is CCCC(NC(=O)[C@](C)(N)Cc1ccccc1)C(=O)N1CCC(c2ccccc2)CC1. The first-order valence-electron chi connectivity index (χ1n) is 11.4. The summed E-state index contributed by atoms with van der Waals surface area (Å²) in [6, 6.07) is 19.7. The Labute approximate surface area is 186 Å². The first kappa shape index (κ1) is 23.0. The fourth-order valence-corrected chi connectivity index (χ4v) is 4.35. The lowest BCUT2D eigenvalue weighted by molar-refractivity contribution is -0.138. The second kappa shape index (κ2) is 10.6. The van der Waals surface area contributed by atoms with E-state index < -0.39 is 11.6 Å². The van der Waals surface area contributed by atoms with Gasteiger partial charge in [-0.2, -0.15) is 0 Å². The molecular formula is C26H35N3O2. The van der Waals surface area contributed by atoms with Crippen LogP contribution in [-0.4, -0.2) is 41.4 Å². The third-order valence-corrected chi connectivity index (χ3v) is 6.19. The van der Waals surface area contributed by atoms with Gasteiger partial charge >= 0.3 is 0 Å². The number of nitrogens with zero attached hydrogens (tertiary/aromatic N) is 1. The van der Waals surface area contributed by atoms with Crippen LogP contribution in [0.1, 0.15) is 56.6 Å². The first-order valence-corrected chi connectivity index (χ1v) is 11.4. The maximum absolute atomic E-state index is 13.2. The van der Waals surface area contributed by atoms with Crippen LogP contribution < -0.4 is 11.1 Å². The highest BCUT2D eigenvalue weighted by Gasteiger charge is 2.34. The van der Waals surface area contributed by atoms with Gasteiger partial charge in [0.1, 0.15) is 6.04 Å². The Morgan fingerprint density at radius 1 is 1.06 bits per heavy atom. The van der Waals surface area contributed by atoms with Gasteiger partial charge in [-0.1, -0.05) is 74.0 Å². The molecule has 2 aromatic carbocycles. The summed E-state index contributed by atoms with van der Waals surface area (Å²) in [5.74, 6) is 0.224. The maximum atomic E-state index is 13.2. The minimum atomic E-state index is -1.08. The monoisotopic (exact) mass is 421 g/mol. The first-order chi connectivity index (χ1) is 14.9. The van der Waals surface area contributed by atoms with Crippen LogP contribution in [0, 0.1) is 0 Å². The van der Waals surface area contributed by atoms with Gasteiger partial charge in [0, 0.05) is 13.1 Å². The number of rotatable bonds is 8. The van der Waals surface area contributed by atoms with Gasteiger partial charge in [0.15, 0.2) is 0 Å². The molecule has 1 saturated heterocycles. The molecule has 0 aromatic heterocycles. The lowest BCUT2D eigenvalue weighted by atomic mass is 9.89. The van der Waals surface area contributed by atoms with Crippen LogP contribution in [0.25, 0.3) is 0 Å². The number of amides is 2. The van der Waals surface area contributed by atoms with E-state index in [1.54, 1.807) is 6.92 Å². The third kappa shape index (κ3) is 6.17. The molecule has 2 aromatic rings. The molecule has 1 fully saturated rings. The topological polar surface area (TPSA) is 75.4 Å². The number of piperidine rings is 1. The van der Waals surface area contributed by atoms with Crippen molar-refractivity contribution >= 4 is 11.8 Å². The number of hydrogen-bond acceptors (Lipinski definition) is 3. The summed E-state index contributed by atoms with van der Waals surface area (Å²) in [5, 5.41) is 2.96. The van der Waals surface area contributed by atoms with Crippen molar-refractivity contribution in [2.45, 2.75) is 63.5 Å². The van der Waals surface area contributed by atoms with E-state index in [1.165, 1.54) is 5.56 Å². The number of likely N-dealkylation sites (tertiary alicyclic amines) is 1. The summed E-state index contributed by atoms with van der Waals surface area (Å²) in [4.78, 5) is 28.1. The lowest BCUT2D eigenvalue weighted by Crippen LogP contribution is -2.59. The van der Waals surface area contributed by atoms with E-state index >= 15 is 0 Å². The van der Waals surface area contributed by atoms with Crippen molar-refractivity contribution in [2.75, 3.05) is 13.1 Å². The quantitative estimate of drug-likeness (QED) is 0.683. The molecule has 0 radical (unpaired) electrons. The molecule has 0 saturated carbocycles. The zero-order chi connectivity index (χ0) is 22.3. The van der Waals surface area contributed by atoms with Crippen LogP contribution in [0.4, 0.5) is 0 Å². The Morgan fingerprint density at radius 3 is 2.23 bits per heavy atom. The molecule has 166 valence electrons. The lowest BCUT2D eigenvalue weighted by Gasteiger charge is -2.35. The van der Waals surface area contributed by atoms with E-state index in [4.69, 9.17) is 5.73 Å². The van der Waals surface area contributed by atoms with E-state index in [-0.39, 0.29) is 11.8 Å². The minimum absolute atomic E-state index is 0.0113. The normalized spacial score (nSPS) is 17.6. The molecule has 3 rings (SSSR count). The van der Waals surface area contributed by atoms with Crippen LogP contribution in [-0.2, 0) is 16.0 Å². The van der Waals surface area contributed by atoms with Gasteiger partial charge in [-0.05, 0) is 49.7 Å². The molecule has 5 nitrogen and oxygen atoms in total. The van der Waals surface area contributed by atoms with Crippen LogP contribution in [0.15, 0.2) is 60.7 Å². The van der Waals surface area contributed by atoms with Gasteiger partial charge in [-0.25, -0.2) is 0 Å². The average Bonchev–Trinajstić information content (AvgIpc) is 2.79. The molecule has 0 bridgehead atoms. The molecule has 2 amide bonds. The Bertz CT molecular complexity index is 843. The van der Waals surface area contributed by atoms with Crippen molar-refractivity contribution < 1.29 is 9.59 Å². The summed E-state index contributed by atoms with van der Waals surface area (Å²) in [5.41, 5.74) is 7.63. The van der Waals surface area contributed by atoms with Gasteiger partial charge in [0.2, 0.25) is 11.8 Å². The zero-order valence-corrected chi connectivity index (χ0v) is 18.7. The van der Waals surface area contributed by atoms with E-state index in [0.29, 0.717) is 18.8 Å². The zero-order valence-electron chi connectivity index (χ0n) is 18.7. The fourth-order valence-electron chi connectivity index (χ4n) is 4.35. The second-order valence-corrected chi connectivity index (χ2v) is 8.90. The Morgan fingerprint density at radius 2 is 1.65 bits per heavy atom. The summed E-state index contributed by atoms with van der Waals surface area (Å²) >= 11 is 0. The molecule has 1 aliphatic heterocycles. The number of hydrogen-bond donors (Lipinski definition) is 2. The van der Waals surface area contributed by atoms with Gasteiger partial charge < -0.3 is 16.0 Å². The Hall–Kier alpha value is -2.66. The molecule has 2 atom stereocenters. The smallest absolute Gasteiger partial charge is 0.245 e. The maximum Gasteiger partial charge on any atom is 0.245 e. The van der Waals surface area contributed by atoms with Gasteiger partial charge in [-0.15, -0.1) is 0 Å². The molecule has 0 aliphatic carbocycles. The standard InChI is InChI=1S/C26H35N3O2/c1-3-10-23(28-25(31)26(2,27)19-20-11-6-4-7-12-20)24(30)29-17-15-22(16-18-29)21-13-8-5-9-14-21/h4-9,11-14,22-23H,3,10,15-19,27H2,1-2H3,(H,28,31)/t23?,26-/m1/s1. The van der Waals surface area contributed by atoms with Gasteiger partial charge in [-0.3, -0.25) is 9.59 Å². The highest BCUT2D eigenvalue weighted by Crippen LogP contribution is 2.28.